The molecule has 0 spiro atoms. The molecule has 2 heterocycles. The van der Waals surface area contributed by atoms with Crippen LogP contribution in [0.5, 0.6) is 0 Å². The Bertz CT molecular complexity index is 999. The molecule has 2 atom stereocenters. The molecule has 0 saturated carbocycles. The molecule has 0 saturated heterocycles. The van der Waals surface area contributed by atoms with Gasteiger partial charge in [-0.3, -0.25) is 4.79 Å². The van der Waals surface area contributed by atoms with Gasteiger partial charge in [-0.2, -0.15) is 0 Å². The molecule has 1 amide bonds. The molecule has 0 radical (unpaired) electrons. The molecule has 2 unspecified atom stereocenters. The van der Waals surface area contributed by atoms with Crippen molar-refractivity contribution in [1.29, 1.82) is 0 Å². The number of amides is 1. The van der Waals surface area contributed by atoms with Crippen LogP contribution in [-0.4, -0.2) is 21.9 Å². The number of fused-ring (bicyclic) bond motifs is 1. The van der Waals surface area contributed by atoms with Crippen molar-refractivity contribution < 1.29 is 13.6 Å². The Kier molecular flexibility index (Phi) is 5.47. The van der Waals surface area contributed by atoms with E-state index in [0.29, 0.717) is 18.5 Å². The van der Waals surface area contributed by atoms with E-state index in [1.807, 2.05) is 55.6 Å². The normalized spacial score (nSPS) is 17.5. The van der Waals surface area contributed by atoms with Crippen molar-refractivity contribution in [3.8, 4) is 0 Å². The average molecular weight is 394 g/mol. The molecule has 0 N–H and O–H groups in total. The van der Waals surface area contributed by atoms with E-state index < -0.39 is 17.7 Å². The van der Waals surface area contributed by atoms with Crippen LogP contribution >= 0.6 is 0 Å². The molecule has 0 bridgehead atoms. The van der Waals surface area contributed by atoms with Gasteiger partial charge in [-0.05, 0) is 36.6 Å². The van der Waals surface area contributed by atoms with E-state index in [2.05, 4.69) is 4.57 Å². The summed E-state index contributed by atoms with van der Waals surface area (Å²) in [7, 11) is 0. The molecule has 1 aliphatic rings. The Morgan fingerprint density at radius 3 is 2.59 bits per heavy atom. The third kappa shape index (κ3) is 3.69. The van der Waals surface area contributed by atoms with Gasteiger partial charge in [0.15, 0.2) is 0 Å². The lowest BCUT2D eigenvalue weighted by atomic mass is 9.92. The summed E-state index contributed by atoms with van der Waals surface area (Å²) in [5.41, 5.74) is 2.13. The molecule has 1 aromatic heterocycles. The summed E-state index contributed by atoms with van der Waals surface area (Å²) >= 11 is 0. The summed E-state index contributed by atoms with van der Waals surface area (Å²) in [6.07, 6.45) is 3.38. The molecule has 2 aromatic carbocycles. The lowest BCUT2D eigenvalue weighted by molar-refractivity contribution is -0.134. The maximum absolute atomic E-state index is 14.8. The van der Waals surface area contributed by atoms with Gasteiger partial charge in [-0.25, -0.2) is 8.78 Å². The zero-order chi connectivity index (χ0) is 20.4. The summed E-state index contributed by atoms with van der Waals surface area (Å²) < 4.78 is 30.4. The molecule has 4 rings (SSSR count). The molecule has 150 valence electrons. The number of nitrogens with zero attached hydrogens (tertiary/aromatic N) is 2. The fourth-order valence-corrected chi connectivity index (χ4v) is 4.31. The highest BCUT2D eigenvalue weighted by Gasteiger charge is 2.35. The minimum atomic E-state index is -0.629. The van der Waals surface area contributed by atoms with E-state index in [-0.39, 0.29) is 11.8 Å². The summed E-state index contributed by atoms with van der Waals surface area (Å²) in [6, 6.07) is 16.6. The van der Waals surface area contributed by atoms with Crippen molar-refractivity contribution in [1.82, 2.24) is 9.47 Å². The van der Waals surface area contributed by atoms with Gasteiger partial charge in [0.1, 0.15) is 17.7 Å². The molecule has 29 heavy (non-hydrogen) atoms. The van der Waals surface area contributed by atoms with Crippen molar-refractivity contribution in [2.45, 2.75) is 38.3 Å². The van der Waals surface area contributed by atoms with E-state index in [0.717, 1.165) is 30.3 Å². The van der Waals surface area contributed by atoms with Gasteiger partial charge < -0.3 is 9.47 Å². The first-order valence-corrected chi connectivity index (χ1v) is 10.1. The van der Waals surface area contributed by atoms with Crippen molar-refractivity contribution in [2.24, 2.45) is 0 Å². The second kappa shape index (κ2) is 8.19. The number of hydrogen-bond acceptors (Lipinski definition) is 1. The zero-order valence-corrected chi connectivity index (χ0v) is 16.4. The minimum Gasteiger partial charge on any atom is -0.349 e. The van der Waals surface area contributed by atoms with Crippen LogP contribution in [-0.2, 0) is 11.3 Å². The average Bonchev–Trinajstić information content (AvgIpc) is 3.10. The number of carbonyl (C=O) groups excluding carboxylic acids is 1. The second-order valence-corrected chi connectivity index (χ2v) is 7.45. The van der Waals surface area contributed by atoms with Crippen molar-refractivity contribution in [2.75, 3.05) is 6.54 Å². The third-order valence-corrected chi connectivity index (χ3v) is 5.70. The predicted octanol–water partition coefficient (Wildman–Crippen LogP) is 5.28. The fraction of sp³-hybridized carbons (Fsp3) is 0.292. The van der Waals surface area contributed by atoms with Crippen LogP contribution in [0.4, 0.5) is 8.78 Å². The first-order chi connectivity index (χ1) is 14.1. The zero-order valence-electron chi connectivity index (χ0n) is 16.4. The number of carbonyl (C=O) groups is 1. The van der Waals surface area contributed by atoms with Gasteiger partial charge in [0.05, 0.1) is 5.92 Å². The van der Waals surface area contributed by atoms with E-state index in [1.165, 1.54) is 12.1 Å². The Labute approximate surface area is 169 Å². The fourth-order valence-electron chi connectivity index (χ4n) is 4.31. The number of aromatic nitrogens is 1. The van der Waals surface area contributed by atoms with Gasteiger partial charge in [0.25, 0.3) is 0 Å². The number of aryl methyl sites for hydroxylation is 1. The minimum absolute atomic E-state index is 0.0259. The molecule has 0 fully saturated rings. The Morgan fingerprint density at radius 2 is 1.86 bits per heavy atom. The predicted molar refractivity (Wildman–Crippen MR) is 108 cm³/mol. The number of rotatable bonds is 4. The smallest absolute Gasteiger partial charge is 0.230 e. The van der Waals surface area contributed by atoms with Gasteiger partial charge in [-0.15, -0.1) is 0 Å². The van der Waals surface area contributed by atoms with E-state index in [4.69, 9.17) is 0 Å². The molecule has 1 aliphatic heterocycles. The van der Waals surface area contributed by atoms with Crippen LogP contribution in [0.25, 0.3) is 0 Å². The third-order valence-electron chi connectivity index (χ3n) is 5.70. The quantitative estimate of drug-likeness (QED) is 0.591. The maximum Gasteiger partial charge on any atom is 0.230 e. The number of halogens is 2. The summed E-state index contributed by atoms with van der Waals surface area (Å²) in [5.74, 6) is -1.58. The molecule has 5 heteroatoms. The van der Waals surface area contributed by atoms with E-state index in [1.54, 1.807) is 4.90 Å². The van der Waals surface area contributed by atoms with Crippen molar-refractivity contribution >= 4 is 5.91 Å². The van der Waals surface area contributed by atoms with Crippen LogP contribution in [0.15, 0.2) is 66.9 Å². The first-order valence-electron chi connectivity index (χ1n) is 10.1. The monoisotopic (exact) mass is 394 g/mol. The van der Waals surface area contributed by atoms with Crippen LogP contribution < -0.4 is 0 Å². The highest BCUT2D eigenvalue weighted by atomic mass is 19.1. The van der Waals surface area contributed by atoms with Gasteiger partial charge in [0.2, 0.25) is 5.91 Å². The van der Waals surface area contributed by atoms with Crippen molar-refractivity contribution in [3.05, 3.63) is 95.3 Å². The molecule has 0 aliphatic carbocycles. The summed E-state index contributed by atoms with van der Waals surface area (Å²) in [5, 5.41) is 0. The van der Waals surface area contributed by atoms with E-state index in [9.17, 15) is 13.6 Å². The van der Waals surface area contributed by atoms with Crippen LogP contribution in [0.2, 0.25) is 0 Å². The number of hydrogen-bond donors (Lipinski definition) is 0. The van der Waals surface area contributed by atoms with Gasteiger partial charge in [-0.1, -0.05) is 43.3 Å². The molecular formula is C24H24F2N2O. The highest BCUT2D eigenvalue weighted by molar-refractivity contribution is 5.84. The Hall–Kier alpha value is -2.95. The highest BCUT2D eigenvalue weighted by Crippen LogP contribution is 2.36. The van der Waals surface area contributed by atoms with E-state index >= 15 is 0 Å². The van der Waals surface area contributed by atoms with Gasteiger partial charge >= 0.3 is 0 Å². The second-order valence-electron chi connectivity index (χ2n) is 7.45. The SMILES string of the molecule is CCC(C(=O)N1CCCn2cccc2C1c1ccc(F)cc1F)c1ccccc1. The van der Waals surface area contributed by atoms with Crippen LogP contribution in [0.1, 0.15) is 48.5 Å². The lowest BCUT2D eigenvalue weighted by Crippen LogP contribution is -2.39. The van der Waals surface area contributed by atoms with Crippen LogP contribution in [0.3, 0.4) is 0 Å². The largest absolute Gasteiger partial charge is 0.349 e. The summed E-state index contributed by atoms with van der Waals surface area (Å²) in [4.78, 5) is 15.5. The first kappa shape index (κ1) is 19.4. The molecule has 3 aromatic rings. The van der Waals surface area contributed by atoms with Crippen molar-refractivity contribution in [3.63, 3.8) is 0 Å². The topological polar surface area (TPSA) is 25.2 Å². The standard InChI is InChI=1S/C24H24F2N2O/c1-2-19(17-8-4-3-5-9-17)24(29)28-15-7-14-27-13-6-10-22(27)23(28)20-12-11-18(25)16-21(20)26/h3-6,8-13,16,19,23H,2,7,14-15H2,1H3. The van der Waals surface area contributed by atoms with Gasteiger partial charge in [0, 0.05) is 36.6 Å². The molecule has 3 nitrogen and oxygen atoms in total. The number of benzene rings is 2. The summed E-state index contributed by atoms with van der Waals surface area (Å²) in [6.45, 7) is 3.27. The van der Waals surface area contributed by atoms with Crippen LogP contribution in [0, 0.1) is 11.6 Å². The Balaban J connectivity index is 1.80. The maximum atomic E-state index is 14.8. The molecular weight excluding hydrogens is 370 g/mol. The lowest BCUT2D eigenvalue weighted by Gasteiger charge is -2.33. The Morgan fingerprint density at radius 1 is 1.07 bits per heavy atom.